The monoisotopic (exact) mass is 338 g/mol. The van der Waals surface area contributed by atoms with E-state index >= 15 is 0 Å². The quantitative estimate of drug-likeness (QED) is 0.920. The molecule has 0 aliphatic carbocycles. The van der Waals surface area contributed by atoms with Crippen LogP contribution in [0.15, 0.2) is 42.7 Å². The average molecular weight is 338 g/mol. The molecule has 0 bridgehead atoms. The second-order valence-electron chi connectivity index (χ2n) is 6.52. The Hall–Kier alpha value is -2.76. The van der Waals surface area contributed by atoms with E-state index in [1.165, 1.54) is 0 Å². The van der Waals surface area contributed by atoms with Crippen molar-refractivity contribution in [3.63, 3.8) is 0 Å². The summed E-state index contributed by atoms with van der Waals surface area (Å²) in [6.45, 7) is 2.44. The molecule has 2 amide bonds. The SMILES string of the molecule is C[C@H]1CCC(C(N)=O)CN1C(=O)Cc1ccc(-c2ncccn2)cc1. The van der Waals surface area contributed by atoms with Gasteiger partial charge in [0.15, 0.2) is 5.82 Å². The van der Waals surface area contributed by atoms with Crippen molar-refractivity contribution in [2.75, 3.05) is 6.54 Å². The molecule has 1 unspecified atom stereocenters. The molecular weight excluding hydrogens is 316 g/mol. The number of benzene rings is 1. The topological polar surface area (TPSA) is 89.2 Å². The summed E-state index contributed by atoms with van der Waals surface area (Å²) in [5.41, 5.74) is 7.25. The van der Waals surface area contributed by atoms with E-state index in [2.05, 4.69) is 9.97 Å². The lowest BCUT2D eigenvalue weighted by molar-refractivity contribution is -0.136. The highest BCUT2D eigenvalue weighted by Crippen LogP contribution is 2.23. The van der Waals surface area contributed by atoms with E-state index in [4.69, 9.17) is 5.73 Å². The number of amides is 2. The zero-order chi connectivity index (χ0) is 17.8. The van der Waals surface area contributed by atoms with Crippen LogP contribution in [0.3, 0.4) is 0 Å². The van der Waals surface area contributed by atoms with Crippen molar-refractivity contribution in [2.45, 2.75) is 32.2 Å². The number of hydrogen-bond donors (Lipinski definition) is 1. The Bertz CT molecular complexity index is 746. The van der Waals surface area contributed by atoms with Crippen LogP contribution in [-0.4, -0.2) is 39.3 Å². The minimum absolute atomic E-state index is 0.0298. The molecule has 1 aliphatic heterocycles. The maximum Gasteiger partial charge on any atom is 0.227 e. The Morgan fingerprint density at radius 3 is 2.48 bits per heavy atom. The molecule has 1 aromatic carbocycles. The van der Waals surface area contributed by atoms with E-state index in [0.717, 1.165) is 24.0 Å². The molecule has 1 fully saturated rings. The largest absolute Gasteiger partial charge is 0.369 e. The highest BCUT2D eigenvalue weighted by Gasteiger charge is 2.31. The predicted octanol–water partition coefficient (Wildman–Crippen LogP) is 1.80. The molecule has 0 spiro atoms. The first-order chi connectivity index (χ1) is 12.0. The zero-order valence-electron chi connectivity index (χ0n) is 14.3. The molecule has 0 saturated carbocycles. The molecule has 1 aliphatic rings. The summed E-state index contributed by atoms with van der Waals surface area (Å²) >= 11 is 0. The lowest BCUT2D eigenvalue weighted by Crippen LogP contribution is -2.49. The van der Waals surface area contributed by atoms with Crippen LogP contribution in [-0.2, 0) is 16.0 Å². The number of likely N-dealkylation sites (tertiary alicyclic amines) is 1. The lowest BCUT2D eigenvalue weighted by Gasteiger charge is -2.37. The van der Waals surface area contributed by atoms with Crippen molar-refractivity contribution < 1.29 is 9.59 Å². The number of hydrogen-bond acceptors (Lipinski definition) is 4. The first-order valence-electron chi connectivity index (χ1n) is 8.49. The highest BCUT2D eigenvalue weighted by atomic mass is 16.2. The number of nitrogens with zero attached hydrogens (tertiary/aromatic N) is 3. The summed E-state index contributed by atoms with van der Waals surface area (Å²) in [6.07, 6.45) is 5.28. The van der Waals surface area contributed by atoms with E-state index < -0.39 is 0 Å². The van der Waals surface area contributed by atoms with Crippen LogP contribution in [0.25, 0.3) is 11.4 Å². The van der Waals surface area contributed by atoms with Gasteiger partial charge in [-0.15, -0.1) is 0 Å². The van der Waals surface area contributed by atoms with Gasteiger partial charge in [-0.2, -0.15) is 0 Å². The number of nitrogens with two attached hydrogens (primary N) is 1. The Labute approximate surface area is 147 Å². The van der Waals surface area contributed by atoms with Gasteiger partial charge in [-0.05, 0) is 31.4 Å². The fraction of sp³-hybridized carbons (Fsp3) is 0.368. The average Bonchev–Trinajstić information content (AvgIpc) is 2.63. The van der Waals surface area contributed by atoms with Crippen molar-refractivity contribution in [3.8, 4) is 11.4 Å². The number of primary amides is 1. The predicted molar refractivity (Wildman–Crippen MR) is 94.3 cm³/mol. The summed E-state index contributed by atoms with van der Waals surface area (Å²) in [7, 11) is 0. The van der Waals surface area contributed by atoms with Gasteiger partial charge in [0.25, 0.3) is 0 Å². The molecule has 6 nitrogen and oxygen atoms in total. The summed E-state index contributed by atoms with van der Waals surface area (Å²) in [4.78, 5) is 34.3. The van der Waals surface area contributed by atoms with Crippen LogP contribution >= 0.6 is 0 Å². The van der Waals surface area contributed by atoms with Crippen molar-refractivity contribution in [1.29, 1.82) is 0 Å². The highest BCUT2D eigenvalue weighted by molar-refractivity contribution is 5.82. The molecule has 130 valence electrons. The van der Waals surface area contributed by atoms with E-state index in [1.807, 2.05) is 31.2 Å². The Balaban J connectivity index is 1.67. The minimum atomic E-state index is -0.322. The summed E-state index contributed by atoms with van der Waals surface area (Å²) in [5.74, 6) is 0.131. The third-order valence-electron chi connectivity index (χ3n) is 4.74. The number of aromatic nitrogens is 2. The summed E-state index contributed by atoms with van der Waals surface area (Å²) in [5, 5.41) is 0. The molecule has 2 aromatic rings. The standard InChI is InChI=1S/C19H22N4O2/c1-13-3-6-16(18(20)25)12-23(13)17(24)11-14-4-7-15(8-5-14)19-21-9-2-10-22-19/h2,4-5,7-10,13,16H,3,6,11-12H2,1H3,(H2,20,25)/t13-,16?/m0/s1. The van der Waals surface area contributed by atoms with Gasteiger partial charge < -0.3 is 10.6 Å². The van der Waals surface area contributed by atoms with Crippen molar-refractivity contribution in [1.82, 2.24) is 14.9 Å². The van der Waals surface area contributed by atoms with Gasteiger partial charge in [0.05, 0.1) is 12.3 Å². The maximum atomic E-state index is 12.7. The number of carbonyl (C=O) groups excluding carboxylic acids is 2. The lowest BCUT2D eigenvalue weighted by atomic mass is 9.92. The molecular formula is C19H22N4O2. The fourth-order valence-corrected chi connectivity index (χ4v) is 3.18. The van der Waals surface area contributed by atoms with Crippen LogP contribution in [0.2, 0.25) is 0 Å². The van der Waals surface area contributed by atoms with E-state index in [1.54, 1.807) is 23.4 Å². The van der Waals surface area contributed by atoms with E-state index in [0.29, 0.717) is 18.8 Å². The van der Waals surface area contributed by atoms with E-state index in [9.17, 15) is 9.59 Å². The van der Waals surface area contributed by atoms with E-state index in [-0.39, 0.29) is 23.8 Å². The van der Waals surface area contributed by atoms with Crippen LogP contribution in [0.1, 0.15) is 25.3 Å². The fourth-order valence-electron chi connectivity index (χ4n) is 3.18. The smallest absolute Gasteiger partial charge is 0.227 e. The molecule has 6 heteroatoms. The van der Waals surface area contributed by atoms with Crippen molar-refractivity contribution >= 4 is 11.8 Å². The summed E-state index contributed by atoms with van der Waals surface area (Å²) in [6, 6.07) is 9.59. The van der Waals surface area contributed by atoms with Gasteiger partial charge in [0.2, 0.25) is 11.8 Å². The van der Waals surface area contributed by atoms with Gasteiger partial charge >= 0.3 is 0 Å². The minimum Gasteiger partial charge on any atom is -0.369 e. The number of piperidine rings is 1. The zero-order valence-corrected chi connectivity index (χ0v) is 14.3. The van der Waals surface area contributed by atoms with Crippen molar-refractivity contribution in [3.05, 3.63) is 48.3 Å². The Kier molecular flexibility index (Phi) is 5.07. The van der Waals surface area contributed by atoms with Crippen LogP contribution in [0.4, 0.5) is 0 Å². The number of carbonyl (C=O) groups is 2. The molecule has 0 radical (unpaired) electrons. The molecule has 1 saturated heterocycles. The molecule has 2 heterocycles. The van der Waals surface area contributed by atoms with Gasteiger partial charge in [-0.1, -0.05) is 24.3 Å². The van der Waals surface area contributed by atoms with Gasteiger partial charge in [-0.3, -0.25) is 9.59 Å². The van der Waals surface area contributed by atoms with Crippen molar-refractivity contribution in [2.24, 2.45) is 11.7 Å². The van der Waals surface area contributed by atoms with Gasteiger partial charge in [-0.25, -0.2) is 9.97 Å². The van der Waals surface area contributed by atoms with Gasteiger partial charge in [0, 0.05) is 30.5 Å². The molecule has 2 N–H and O–H groups in total. The van der Waals surface area contributed by atoms with Crippen LogP contribution in [0.5, 0.6) is 0 Å². The first kappa shape index (κ1) is 17.1. The Morgan fingerprint density at radius 2 is 1.84 bits per heavy atom. The second-order valence-corrected chi connectivity index (χ2v) is 6.52. The normalized spacial score (nSPS) is 20.3. The van der Waals surface area contributed by atoms with Crippen LogP contribution < -0.4 is 5.73 Å². The molecule has 2 atom stereocenters. The Morgan fingerprint density at radius 1 is 1.16 bits per heavy atom. The maximum absolute atomic E-state index is 12.7. The van der Waals surface area contributed by atoms with Crippen LogP contribution in [0, 0.1) is 5.92 Å². The van der Waals surface area contributed by atoms with Gasteiger partial charge in [0.1, 0.15) is 0 Å². The first-order valence-corrected chi connectivity index (χ1v) is 8.49. The summed E-state index contributed by atoms with van der Waals surface area (Å²) < 4.78 is 0. The third kappa shape index (κ3) is 4.02. The third-order valence-corrected chi connectivity index (χ3v) is 4.74. The molecule has 3 rings (SSSR count). The number of rotatable bonds is 4. The second kappa shape index (κ2) is 7.42. The molecule has 1 aromatic heterocycles. The molecule has 25 heavy (non-hydrogen) atoms.